The first-order valence-electron chi connectivity index (χ1n) is 7.05. The van der Waals surface area contributed by atoms with E-state index >= 15 is 0 Å². The number of nitrogens with one attached hydrogen (secondary N) is 1. The minimum atomic E-state index is -0.591. The number of nitrogens with zero attached hydrogens (tertiary/aromatic N) is 1. The van der Waals surface area contributed by atoms with E-state index in [0.29, 0.717) is 18.9 Å². The Morgan fingerprint density at radius 3 is 3.04 bits per heavy atom. The summed E-state index contributed by atoms with van der Waals surface area (Å²) in [5.41, 5.74) is 0.946. The minimum absolute atomic E-state index is 0.132. The maximum atomic E-state index is 13.9. The first-order chi connectivity index (χ1) is 11.0. The normalized spacial score (nSPS) is 16.4. The fraction of sp³-hybridized carbons (Fsp3) is 0.250. The summed E-state index contributed by atoms with van der Waals surface area (Å²) in [5, 5.41) is 3.21. The minimum Gasteiger partial charge on any atom is -0.477 e. The average Bonchev–Trinajstić information content (AvgIpc) is 2.51. The van der Waals surface area contributed by atoms with E-state index in [1.54, 1.807) is 12.3 Å². The van der Waals surface area contributed by atoms with E-state index in [9.17, 15) is 9.18 Å². The second kappa shape index (κ2) is 6.72. The maximum absolute atomic E-state index is 13.9. The molecule has 2 heterocycles. The third kappa shape index (κ3) is 3.57. The Kier molecular flexibility index (Phi) is 4.68. The number of fused-ring (bicyclic) bond motifs is 1. The lowest BCUT2D eigenvalue weighted by atomic mass is 10.0. The van der Waals surface area contributed by atoms with E-state index < -0.39 is 5.82 Å². The first-order valence-corrected chi connectivity index (χ1v) is 7.80. The van der Waals surface area contributed by atoms with Gasteiger partial charge in [-0.25, -0.2) is 9.37 Å². The van der Waals surface area contributed by atoms with Crippen molar-refractivity contribution < 1.29 is 13.9 Å². The van der Waals surface area contributed by atoms with Crippen molar-refractivity contribution in [3.63, 3.8) is 0 Å². The second-order valence-electron chi connectivity index (χ2n) is 5.18. The molecule has 0 saturated carbocycles. The number of amides is 1. The Labute approximate surface area is 142 Å². The van der Waals surface area contributed by atoms with E-state index in [2.05, 4.69) is 10.3 Å². The van der Waals surface area contributed by atoms with Crippen molar-refractivity contribution in [1.29, 1.82) is 0 Å². The topological polar surface area (TPSA) is 51.2 Å². The fourth-order valence-corrected chi connectivity index (χ4v) is 3.05. The Morgan fingerprint density at radius 2 is 2.26 bits per heavy atom. The molecule has 0 aliphatic carbocycles. The van der Waals surface area contributed by atoms with Crippen LogP contribution in [-0.2, 0) is 11.2 Å². The van der Waals surface area contributed by atoms with Gasteiger partial charge in [-0.05, 0) is 18.2 Å². The van der Waals surface area contributed by atoms with E-state index in [1.165, 1.54) is 6.07 Å². The predicted molar refractivity (Wildman–Crippen MR) is 85.4 cm³/mol. The van der Waals surface area contributed by atoms with Crippen molar-refractivity contribution in [2.45, 2.75) is 18.9 Å². The largest absolute Gasteiger partial charge is 0.477 e. The van der Waals surface area contributed by atoms with Gasteiger partial charge in [0.1, 0.15) is 5.82 Å². The zero-order chi connectivity index (χ0) is 16.4. The molecular formula is C16H13Cl2FN2O2. The van der Waals surface area contributed by atoms with Gasteiger partial charge in [-0.2, -0.15) is 0 Å². The van der Waals surface area contributed by atoms with Crippen molar-refractivity contribution in [2.75, 3.05) is 6.61 Å². The van der Waals surface area contributed by atoms with Crippen molar-refractivity contribution in [2.24, 2.45) is 0 Å². The molecule has 1 aromatic heterocycles. The number of hydrogen-bond donors (Lipinski definition) is 1. The molecule has 7 heteroatoms. The molecule has 0 saturated heterocycles. The number of benzene rings is 1. The monoisotopic (exact) mass is 354 g/mol. The van der Waals surface area contributed by atoms with Crippen LogP contribution in [0.3, 0.4) is 0 Å². The van der Waals surface area contributed by atoms with Gasteiger partial charge in [-0.3, -0.25) is 4.79 Å². The summed E-state index contributed by atoms with van der Waals surface area (Å²) in [5.74, 6) is -0.402. The van der Waals surface area contributed by atoms with Crippen molar-refractivity contribution in [1.82, 2.24) is 10.3 Å². The number of pyridine rings is 1. The van der Waals surface area contributed by atoms with Crippen molar-refractivity contribution in [3.05, 3.63) is 57.5 Å². The van der Waals surface area contributed by atoms with Crippen LogP contribution < -0.4 is 10.1 Å². The number of rotatable bonds is 3. The van der Waals surface area contributed by atoms with Gasteiger partial charge in [-0.1, -0.05) is 29.3 Å². The highest BCUT2D eigenvalue weighted by molar-refractivity contribution is 6.35. The molecule has 1 N–H and O–H groups in total. The van der Waals surface area contributed by atoms with Crippen LogP contribution in [0, 0.1) is 5.82 Å². The van der Waals surface area contributed by atoms with E-state index in [4.69, 9.17) is 27.9 Å². The molecule has 1 aliphatic heterocycles. The lowest BCUT2D eigenvalue weighted by Crippen LogP contribution is -2.33. The summed E-state index contributed by atoms with van der Waals surface area (Å²) in [6.07, 6.45) is 2.10. The summed E-state index contributed by atoms with van der Waals surface area (Å²) in [7, 11) is 0. The highest BCUT2D eigenvalue weighted by Gasteiger charge is 2.24. The van der Waals surface area contributed by atoms with Crippen molar-refractivity contribution in [3.8, 4) is 5.88 Å². The SMILES string of the molecule is O=C(Cc1c(F)cc(Cl)cc1Cl)NC1CCOc2ncccc21. The standard InChI is InChI=1S/C16H13Cl2FN2O2/c17-9-6-12(18)11(13(19)7-9)8-15(22)21-14-3-5-23-16-10(14)2-1-4-20-16/h1-2,4,6-7,14H,3,5,8H2,(H,21,22). The van der Waals surface area contributed by atoms with Crippen LogP contribution in [-0.4, -0.2) is 17.5 Å². The smallest absolute Gasteiger partial charge is 0.225 e. The summed E-state index contributed by atoms with van der Waals surface area (Å²) in [4.78, 5) is 16.4. The molecule has 3 rings (SSSR count). The molecule has 4 nitrogen and oxygen atoms in total. The zero-order valence-electron chi connectivity index (χ0n) is 12.0. The molecule has 23 heavy (non-hydrogen) atoms. The lowest BCUT2D eigenvalue weighted by molar-refractivity contribution is -0.121. The maximum Gasteiger partial charge on any atom is 0.225 e. The Hall–Kier alpha value is -1.85. The Balaban J connectivity index is 1.74. The number of ether oxygens (including phenoxy) is 1. The molecule has 1 aromatic carbocycles. The Morgan fingerprint density at radius 1 is 1.43 bits per heavy atom. The third-order valence-corrected chi connectivity index (χ3v) is 4.16. The molecule has 1 aliphatic rings. The summed E-state index contributed by atoms with van der Waals surface area (Å²) in [6.45, 7) is 0.463. The van der Waals surface area contributed by atoms with Crippen LogP contribution >= 0.6 is 23.2 Å². The first kappa shape index (κ1) is 16.0. The van der Waals surface area contributed by atoms with E-state index in [1.807, 2.05) is 6.07 Å². The van der Waals surface area contributed by atoms with Gasteiger partial charge < -0.3 is 10.1 Å². The molecular weight excluding hydrogens is 342 g/mol. The highest BCUT2D eigenvalue weighted by Crippen LogP contribution is 2.30. The van der Waals surface area contributed by atoms with Crippen LogP contribution in [0.15, 0.2) is 30.5 Å². The average molecular weight is 355 g/mol. The molecule has 0 bridgehead atoms. The van der Waals surface area contributed by atoms with Gasteiger partial charge >= 0.3 is 0 Å². The van der Waals surface area contributed by atoms with Crippen LogP contribution in [0.4, 0.5) is 4.39 Å². The molecule has 0 fully saturated rings. The van der Waals surface area contributed by atoms with Gasteiger partial charge in [0.25, 0.3) is 0 Å². The predicted octanol–water partition coefficient (Wildman–Crippen LogP) is 3.71. The number of halogens is 3. The van der Waals surface area contributed by atoms with Crippen LogP contribution in [0.1, 0.15) is 23.6 Å². The molecule has 120 valence electrons. The van der Waals surface area contributed by atoms with Crippen molar-refractivity contribution >= 4 is 29.1 Å². The van der Waals surface area contributed by atoms with Gasteiger partial charge in [0.05, 0.1) is 19.1 Å². The van der Waals surface area contributed by atoms with Crippen LogP contribution in [0.5, 0.6) is 5.88 Å². The van der Waals surface area contributed by atoms with Crippen LogP contribution in [0.25, 0.3) is 0 Å². The molecule has 1 atom stereocenters. The molecule has 2 aromatic rings. The highest BCUT2D eigenvalue weighted by atomic mass is 35.5. The summed E-state index contributed by atoms with van der Waals surface area (Å²) >= 11 is 11.7. The van der Waals surface area contributed by atoms with Gasteiger partial charge in [0, 0.05) is 33.8 Å². The van der Waals surface area contributed by atoms with E-state index in [-0.39, 0.29) is 34.0 Å². The number of hydrogen-bond acceptors (Lipinski definition) is 3. The molecule has 0 spiro atoms. The number of carbonyl (C=O) groups is 1. The van der Waals surface area contributed by atoms with Gasteiger partial charge in [0.2, 0.25) is 11.8 Å². The number of carbonyl (C=O) groups excluding carboxylic acids is 1. The Bertz CT molecular complexity index is 732. The van der Waals surface area contributed by atoms with Gasteiger partial charge in [0.15, 0.2) is 0 Å². The number of aromatic nitrogens is 1. The lowest BCUT2D eigenvalue weighted by Gasteiger charge is -2.25. The fourth-order valence-electron chi connectivity index (χ4n) is 2.51. The molecule has 1 amide bonds. The van der Waals surface area contributed by atoms with E-state index in [0.717, 1.165) is 11.6 Å². The van der Waals surface area contributed by atoms with Crippen LogP contribution in [0.2, 0.25) is 10.0 Å². The molecule has 1 unspecified atom stereocenters. The summed E-state index contributed by atoms with van der Waals surface area (Å²) < 4.78 is 19.4. The zero-order valence-corrected chi connectivity index (χ0v) is 13.5. The summed E-state index contributed by atoms with van der Waals surface area (Å²) in [6, 6.07) is 5.98. The molecule has 0 radical (unpaired) electrons. The third-order valence-electron chi connectivity index (χ3n) is 3.60. The quantitative estimate of drug-likeness (QED) is 0.913. The van der Waals surface area contributed by atoms with Gasteiger partial charge in [-0.15, -0.1) is 0 Å². The second-order valence-corrected chi connectivity index (χ2v) is 6.02.